The summed E-state index contributed by atoms with van der Waals surface area (Å²) in [6.45, 7) is 5.37. The Morgan fingerprint density at radius 1 is 1.18 bits per heavy atom. The van der Waals surface area contributed by atoms with Crippen molar-refractivity contribution < 1.29 is 23.4 Å². The van der Waals surface area contributed by atoms with Gasteiger partial charge in [-0.15, -0.1) is 0 Å². The van der Waals surface area contributed by atoms with Crippen LogP contribution in [-0.2, 0) is 26.0 Å². The number of aromatic nitrogens is 2. The molecule has 1 saturated heterocycles. The van der Waals surface area contributed by atoms with E-state index < -0.39 is 17.8 Å². The highest BCUT2D eigenvalue weighted by Gasteiger charge is 2.23. The van der Waals surface area contributed by atoms with Gasteiger partial charge >= 0.3 is 0 Å². The predicted molar refractivity (Wildman–Crippen MR) is 139 cm³/mol. The Balaban J connectivity index is 1.20. The highest BCUT2D eigenvalue weighted by Crippen LogP contribution is 2.28. The molecule has 10 heteroatoms. The Morgan fingerprint density at radius 2 is 2.00 bits per heavy atom. The molecule has 0 saturated carbocycles. The van der Waals surface area contributed by atoms with Gasteiger partial charge < -0.3 is 24.9 Å². The number of nitrogens with zero attached hydrogens (tertiary/aromatic N) is 4. The molecule has 1 atom stereocenters. The summed E-state index contributed by atoms with van der Waals surface area (Å²) in [4.78, 5) is 25.0. The zero-order valence-corrected chi connectivity index (χ0v) is 21.7. The zero-order valence-electron chi connectivity index (χ0n) is 21.7. The summed E-state index contributed by atoms with van der Waals surface area (Å²) in [5.41, 5.74) is 9.33. The molecule has 1 amide bonds. The summed E-state index contributed by atoms with van der Waals surface area (Å²) < 4.78 is 25.7. The monoisotopic (exact) mass is 523 g/mol. The van der Waals surface area contributed by atoms with E-state index in [1.165, 1.54) is 18.9 Å². The largest absolute Gasteiger partial charge is 0.482 e. The minimum atomic E-state index is -0.727. The topological polar surface area (TPSA) is 118 Å². The molecular weight excluding hydrogens is 489 g/mol. The van der Waals surface area contributed by atoms with Crippen LogP contribution in [0.5, 0.6) is 5.75 Å². The number of aliphatic hydroxyl groups is 1. The van der Waals surface area contributed by atoms with Crippen molar-refractivity contribution in [2.75, 3.05) is 31.1 Å². The van der Waals surface area contributed by atoms with Gasteiger partial charge in [-0.25, -0.2) is 14.4 Å². The van der Waals surface area contributed by atoms with Gasteiger partial charge in [0, 0.05) is 50.9 Å². The second kappa shape index (κ2) is 11.5. The van der Waals surface area contributed by atoms with Crippen LogP contribution in [0.25, 0.3) is 0 Å². The summed E-state index contributed by atoms with van der Waals surface area (Å²) >= 11 is 0. The molecule has 0 radical (unpaired) electrons. The van der Waals surface area contributed by atoms with Crippen LogP contribution in [0.15, 0.2) is 35.2 Å². The molecule has 38 heavy (non-hydrogen) atoms. The highest BCUT2D eigenvalue weighted by molar-refractivity contribution is 5.95. The van der Waals surface area contributed by atoms with Crippen molar-refractivity contribution in [3.05, 3.63) is 70.3 Å². The average molecular weight is 524 g/mol. The van der Waals surface area contributed by atoms with Gasteiger partial charge in [0.05, 0.1) is 11.8 Å². The van der Waals surface area contributed by atoms with Gasteiger partial charge in [0.2, 0.25) is 5.91 Å². The number of hydrogen-bond acceptors (Lipinski definition) is 8. The number of oxazole rings is 1. The van der Waals surface area contributed by atoms with Gasteiger partial charge in [-0.1, -0.05) is 0 Å². The summed E-state index contributed by atoms with van der Waals surface area (Å²) in [7, 11) is 0. The molecule has 5 rings (SSSR count). The van der Waals surface area contributed by atoms with Gasteiger partial charge in [0.15, 0.2) is 23.7 Å². The fourth-order valence-corrected chi connectivity index (χ4v) is 5.27. The molecule has 202 valence electrons. The van der Waals surface area contributed by atoms with Crippen molar-refractivity contribution in [2.45, 2.75) is 58.3 Å². The number of anilines is 1. The van der Waals surface area contributed by atoms with Crippen molar-refractivity contribution >= 4 is 11.7 Å². The van der Waals surface area contributed by atoms with Crippen LogP contribution >= 0.6 is 0 Å². The molecule has 3 N–H and O–H groups in total. The number of hydrogen-bond donors (Lipinski definition) is 2. The maximum absolute atomic E-state index is 14.8. The first-order chi connectivity index (χ1) is 18.4. The minimum absolute atomic E-state index is 0.112. The van der Waals surface area contributed by atoms with Crippen LogP contribution in [-0.4, -0.2) is 58.2 Å². The predicted octanol–water partition coefficient (Wildman–Crippen LogP) is 3.15. The summed E-state index contributed by atoms with van der Waals surface area (Å²) in [5.74, 6) is 0.553. The van der Waals surface area contributed by atoms with Crippen molar-refractivity contribution in [3.63, 3.8) is 0 Å². The van der Waals surface area contributed by atoms with Crippen LogP contribution < -0.4 is 15.4 Å². The Labute approximate surface area is 221 Å². The molecule has 2 aliphatic rings. The number of piperidine rings is 1. The Bertz CT molecular complexity index is 1290. The van der Waals surface area contributed by atoms with Crippen molar-refractivity contribution in [1.29, 1.82) is 0 Å². The number of benzene rings is 1. The van der Waals surface area contributed by atoms with Crippen molar-refractivity contribution in [1.82, 2.24) is 14.9 Å². The van der Waals surface area contributed by atoms with Gasteiger partial charge in [-0.2, -0.15) is 0 Å². The van der Waals surface area contributed by atoms with Crippen LogP contribution in [0.2, 0.25) is 0 Å². The number of aryl methyl sites for hydroxylation is 1. The van der Waals surface area contributed by atoms with E-state index in [0.29, 0.717) is 48.6 Å². The van der Waals surface area contributed by atoms with E-state index in [-0.39, 0.29) is 18.8 Å². The average Bonchev–Trinajstić information content (AvgIpc) is 3.32. The number of nitrogens with two attached hydrogens (primary N) is 1. The van der Waals surface area contributed by atoms with Crippen LogP contribution in [0.3, 0.4) is 0 Å². The van der Waals surface area contributed by atoms with E-state index in [1.54, 1.807) is 18.3 Å². The molecule has 2 aromatic heterocycles. The van der Waals surface area contributed by atoms with Crippen molar-refractivity contribution in [3.8, 4) is 5.75 Å². The quantitative estimate of drug-likeness (QED) is 0.439. The Hall–Kier alpha value is -3.50. The third-order valence-electron chi connectivity index (χ3n) is 7.39. The lowest BCUT2D eigenvalue weighted by molar-refractivity contribution is 0.0988. The number of halogens is 1. The fraction of sp³-hybridized carbons (Fsp3) is 0.464. The van der Waals surface area contributed by atoms with Crippen molar-refractivity contribution in [2.24, 2.45) is 5.73 Å². The lowest BCUT2D eigenvalue weighted by Gasteiger charge is -2.31. The first-order valence-electron chi connectivity index (χ1n) is 13.1. The molecule has 9 nitrogen and oxygen atoms in total. The van der Waals surface area contributed by atoms with E-state index >= 15 is 0 Å². The second-order valence-corrected chi connectivity index (χ2v) is 10.2. The standard InChI is InChI=1S/C28H34FN5O4/c1-18-26(38-17-32-18)16-37-25-11-19-5-8-33(14-21(19)10-24(25)29)15-22(35)9-20-13-31-27(12-23(20)28(30)36)34-6-3-2-4-7-34/h10-13,17,22,35H,2-9,14-16H2,1H3,(H2,30,36). The smallest absolute Gasteiger partial charge is 0.249 e. The van der Waals surface area contributed by atoms with Gasteiger partial charge in [0.1, 0.15) is 12.4 Å². The third kappa shape index (κ3) is 5.97. The Kier molecular flexibility index (Phi) is 7.90. The maximum atomic E-state index is 14.8. The number of primary amides is 1. The first-order valence-corrected chi connectivity index (χ1v) is 13.1. The van der Waals surface area contributed by atoms with Crippen LogP contribution in [0.1, 0.15) is 57.8 Å². The molecule has 1 aromatic carbocycles. The van der Waals surface area contributed by atoms with Gasteiger partial charge in [-0.3, -0.25) is 9.69 Å². The van der Waals surface area contributed by atoms with Crippen LogP contribution in [0, 0.1) is 12.7 Å². The molecule has 1 unspecified atom stereocenters. The highest BCUT2D eigenvalue weighted by atomic mass is 19.1. The lowest BCUT2D eigenvalue weighted by atomic mass is 9.97. The molecule has 0 spiro atoms. The second-order valence-electron chi connectivity index (χ2n) is 10.2. The van der Waals surface area contributed by atoms with Gasteiger partial charge in [0.25, 0.3) is 0 Å². The molecule has 0 bridgehead atoms. The van der Waals surface area contributed by atoms with E-state index in [2.05, 4.69) is 19.8 Å². The van der Waals surface area contributed by atoms with E-state index in [1.807, 2.05) is 6.92 Å². The minimum Gasteiger partial charge on any atom is -0.482 e. The van der Waals surface area contributed by atoms with Crippen LogP contribution in [0.4, 0.5) is 10.2 Å². The molecule has 0 aliphatic carbocycles. The number of amides is 1. The summed E-state index contributed by atoms with van der Waals surface area (Å²) in [6.07, 6.45) is 6.66. The zero-order chi connectivity index (χ0) is 26.6. The number of β-amino-alcohol motifs (C(OH)–C–C–N with tert-alkyl or cyclic N) is 1. The van der Waals surface area contributed by atoms with E-state index in [4.69, 9.17) is 14.9 Å². The maximum Gasteiger partial charge on any atom is 0.249 e. The Morgan fingerprint density at radius 3 is 2.74 bits per heavy atom. The summed E-state index contributed by atoms with van der Waals surface area (Å²) in [6, 6.07) is 5.00. The summed E-state index contributed by atoms with van der Waals surface area (Å²) in [5, 5.41) is 10.9. The number of carbonyl (C=O) groups is 1. The normalized spacial score (nSPS) is 16.8. The van der Waals surface area contributed by atoms with E-state index in [0.717, 1.165) is 42.9 Å². The SMILES string of the molecule is Cc1ncoc1COc1cc2c(cc1F)CN(CC(O)Cc1cnc(N3CCCCC3)cc1C(N)=O)CC2. The molecule has 1 fully saturated rings. The number of ether oxygens (including phenoxy) is 1. The third-order valence-corrected chi connectivity index (χ3v) is 7.39. The molecule has 2 aliphatic heterocycles. The van der Waals surface area contributed by atoms with E-state index in [9.17, 15) is 14.3 Å². The number of carbonyl (C=O) groups excluding carboxylic acids is 1. The number of fused-ring (bicyclic) bond motifs is 1. The number of rotatable bonds is 9. The number of aliphatic hydroxyl groups excluding tert-OH is 1. The lowest BCUT2D eigenvalue weighted by Crippen LogP contribution is -2.37. The fourth-order valence-electron chi connectivity index (χ4n) is 5.27. The molecular formula is C28H34FN5O4. The molecule has 4 heterocycles. The first kappa shape index (κ1) is 26.1. The molecule has 3 aromatic rings. The number of pyridine rings is 1. The van der Waals surface area contributed by atoms with Gasteiger partial charge in [-0.05, 0) is 67.5 Å².